The first-order valence-corrected chi connectivity index (χ1v) is 6.11. The maximum absolute atomic E-state index is 11.3. The fourth-order valence-electron chi connectivity index (χ4n) is 0.765. The second kappa shape index (κ2) is 7.12. The lowest BCUT2D eigenvalue weighted by atomic mass is 10.3. The monoisotopic (exact) mass is 219 g/mol. The number of rotatable bonds is 6. The number of amides is 1. The summed E-state index contributed by atoms with van der Waals surface area (Å²) in [5.41, 5.74) is 0. The summed E-state index contributed by atoms with van der Waals surface area (Å²) in [5.74, 6) is 0.480. The first-order chi connectivity index (χ1) is 6.47. The number of thioether (sulfide) groups is 1. The summed E-state index contributed by atoms with van der Waals surface area (Å²) < 4.78 is 0. The number of nitrogens with one attached hydrogen (secondary N) is 1. The third-order valence-corrected chi connectivity index (χ3v) is 3.52. The van der Waals surface area contributed by atoms with Gasteiger partial charge in [-0.15, -0.1) is 11.8 Å². The molecular formula is C10H21NO2S. The van der Waals surface area contributed by atoms with Crippen molar-refractivity contribution in [1.29, 1.82) is 0 Å². The number of hydrogen-bond donors (Lipinski definition) is 2. The van der Waals surface area contributed by atoms with Crippen molar-refractivity contribution in [3.63, 3.8) is 0 Å². The molecule has 3 nitrogen and oxygen atoms in total. The van der Waals surface area contributed by atoms with Gasteiger partial charge in [0.05, 0.1) is 11.9 Å². The normalized spacial score (nSPS) is 17.2. The highest BCUT2D eigenvalue weighted by Crippen LogP contribution is 2.13. The van der Waals surface area contributed by atoms with Crippen LogP contribution in [0.4, 0.5) is 0 Å². The lowest BCUT2D eigenvalue weighted by Crippen LogP contribution is -2.34. The van der Waals surface area contributed by atoms with Gasteiger partial charge < -0.3 is 10.4 Å². The van der Waals surface area contributed by atoms with Gasteiger partial charge in [0.2, 0.25) is 5.91 Å². The molecule has 0 aliphatic carbocycles. The van der Waals surface area contributed by atoms with Crippen molar-refractivity contribution in [2.45, 2.75) is 51.5 Å². The van der Waals surface area contributed by atoms with Crippen LogP contribution in [0.3, 0.4) is 0 Å². The summed E-state index contributed by atoms with van der Waals surface area (Å²) in [6.07, 6.45) is 0.582. The Morgan fingerprint density at radius 1 is 1.43 bits per heavy atom. The maximum atomic E-state index is 11.3. The fraction of sp³-hybridized carbons (Fsp3) is 0.900. The van der Waals surface area contributed by atoms with Gasteiger partial charge in [0.25, 0.3) is 0 Å². The number of carbonyl (C=O) groups excluding carboxylic acids is 1. The number of aliphatic hydroxyl groups is 1. The summed E-state index contributed by atoms with van der Waals surface area (Å²) in [7, 11) is 0. The summed E-state index contributed by atoms with van der Waals surface area (Å²) in [5, 5.41) is 12.2. The summed E-state index contributed by atoms with van der Waals surface area (Å²) in [4.78, 5) is 11.3. The minimum Gasteiger partial charge on any atom is -0.392 e. The third kappa shape index (κ3) is 6.27. The molecule has 0 fully saturated rings. The van der Waals surface area contributed by atoms with Crippen LogP contribution in [0.25, 0.3) is 0 Å². The van der Waals surface area contributed by atoms with Crippen molar-refractivity contribution in [1.82, 2.24) is 5.32 Å². The summed E-state index contributed by atoms with van der Waals surface area (Å²) >= 11 is 1.48. The van der Waals surface area contributed by atoms with Crippen LogP contribution in [0.15, 0.2) is 0 Å². The van der Waals surface area contributed by atoms with E-state index in [1.54, 1.807) is 6.92 Å². The molecule has 0 spiro atoms. The van der Waals surface area contributed by atoms with Crippen LogP contribution in [0.1, 0.15) is 34.1 Å². The van der Waals surface area contributed by atoms with Gasteiger partial charge in [-0.05, 0) is 20.3 Å². The number of carbonyl (C=O) groups is 1. The van der Waals surface area contributed by atoms with E-state index in [1.165, 1.54) is 11.8 Å². The predicted molar refractivity (Wildman–Crippen MR) is 61.5 cm³/mol. The highest BCUT2D eigenvalue weighted by molar-refractivity contribution is 8.00. The molecule has 0 aromatic carbocycles. The SMILES string of the molecule is CCC(C)NC(=O)CSC(C)C(C)O. The molecule has 0 saturated heterocycles. The zero-order chi connectivity index (χ0) is 11.1. The molecule has 1 amide bonds. The van der Waals surface area contributed by atoms with Crippen LogP contribution in [0.2, 0.25) is 0 Å². The Hall–Kier alpha value is -0.220. The number of hydrogen-bond acceptors (Lipinski definition) is 3. The Kier molecular flexibility index (Phi) is 7.01. The topological polar surface area (TPSA) is 49.3 Å². The molecule has 3 atom stereocenters. The minimum atomic E-state index is -0.364. The van der Waals surface area contributed by atoms with Gasteiger partial charge >= 0.3 is 0 Å². The van der Waals surface area contributed by atoms with E-state index in [2.05, 4.69) is 5.32 Å². The largest absolute Gasteiger partial charge is 0.392 e. The predicted octanol–water partition coefficient (Wildman–Crippen LogP) is 1.40. The zero-order valence-corrected chi connectivity index (χ0v) is 10.2. The second-order valence-corrected chi connectivity index (χ2v) is 5.00. The van der Waals surface area contributed by atoms with E-state index >= 15 is 0 Å². The van der Waals surface area contributed by atoms with E-state index < -0.39 is 0 Å². The van der Waals surface area contributed by atoms with Crippen molar-refractivity contribution in [3.8, 4) is 0 Å². The smallest absolute Gasteiger partial charge is 0.230 e. The Bertz CT molecular complexity index is 174. The quantitative estimate of drug-likeness (QED) is 0.710. The summed E-state index contributed by atoms with van der Waals surface area (Å²) in [6.45, 7) is 7.69. The lowest BCUT2D eigenvalue weighted by Gasteiger charge is -2.15. The van der Waals surface area contributed by atoms with Gasteiger partial charge in [-0.25, -0.2) is 0 Å². The van der Waals surface area contributed by atoms with E-state index in [4.69, 9.17) is 0 Å². The molecule has 0 aliphatic rings. The molecule has 14 heavy (non-hydrogen) atoms. The molecule has 0 heterocycles. The highest BCUT2D eigenvalue weighted by Gasteiger charge is 2.12. The van der Waals surface area contributed by atoms with Gasteiger partial charge in [0.1, 0.15) is 0 Å². The van der Waals surface area contributed by atoms with Crippen molar-refractivity contribution >= 4 is 17.7 Å². The number of aliphatic hydroxyl groups excluding tert-OH is 1. The Balaban J connectivity index is 3.64. The van der Waals surface area contributed by atoms with Gasteiger partial charge in [0.15, 0.2) is 0 Å². The molecule has 0 radical (unpaired) electrons. The van der Waals surface area contributed by atoms with Crippen LogP contribution in [-0.2, 0) is 4.79 Å². The van der Waals surface area contributed by atoms with Crippen molar-refractivity contribution in [3.05, 3.63) is 0 Å². The molecule has 0 rings (SSSR count). The molecule has 2 N–H and O–H groups in total. The molecule has 0 bridgehead atoms. The van der Waals surface area contributed by atoms with Crippen molar-refractivity contribution in [2.24, 2.45) is 0 Å². The molecule has 4 heteroatoms. The van der Waals surface area contributed by atoms with Crippen LogP contribution < -0.4 is 5.32 Å². The van der Waals surface area contributed by atoms with E-state index in [0.717, 1.165) is 6.42 Å². The maximum Gasteiger partial charge on any atom is 0.230 e. The summed E-state index contributed by atoms with van der Waals surface area (Å²) in [6, 6.07) is 0.241. The van der Waals surface area contributed by atoms with E-state index in [-0.39, 0.29) is 23.3 Å². The average molecular weight is 219 g/mol. The molecule has 3 unspecified atom stereocenters. The molecule has 0 aromatic heterocycles. The standard InChI is InChI=1S/C10H21NO2S/c1-5-7(2)11-10(13)6-14-9(4)8(3)12/h7-9,12H,5-6H2,1-4H3,(H,11,13). The van der Waals surface area contributed by atoms with Gasteiger partial charge in [-0.1, -0.05) is 13.8 Å². The second-order valence-electron chi connectivity index (χ2n) is 3.63. The van der Waals surface area contributed by atoms with Crippen molar-refractivity contribution < 1.29 is 9.90 Å². The van der Waals surface area contributed by atoms with Crippen LogP contribution in [-0.4, -0.2) is 34.2 Å². The molecular weight excluding hydrogens is 198 g/mol. The van der Waals surface area contributed by atoms with Crippen molar-refractivity contribution in [2.75, 3.05) is 5.75 Å². The van der Waals surface area contributed by atoms with E-state index in [1.807, 2.05) is 20.8 Å². The Labute approximate surface area is 90.7 Å². The van der Waals surface area contributed by atoms with E-state index in [9.17, 15) is 9.90 Å². The zero-order valence-electron chi connectivity index (χ0n) is 9.41. The first kappa shape index (κ1) is 13.8. The molecule has 0 aromatic rings. The Morgan fingerprint density at radius 2 is 2.00 bits per heavy atom. The van der Waals surface area contributed by atoms with Gasteiger partial charge in [-0.3, -0.25) is 4.79 Å². The van der Waals surface area contributed by atoms with Crippen LogP contribution in [0.5, 0.6) is 0 Å². The minimum absolute atomic E-state index is 0.0526. The molecule has 0 aliphatic heterocycles. The van der Waals surface area contributed by atoms with Gasteiger partial charge in [0, 0.05) is 11.3 Å². The van der Waals surface area contributed by atoms with Crippen LogP contribution in [0, 0.1) is 0 Å². The lowest BCUT2D eigenvalue weighted by molar-refractivity contribution is -0.119. The van der Waals surface area contributed by atoms with Crippen LogP contribution >= 0.6 is 11.8 Å². The highest BCUT2D eigenvalue weighted by atomic mass is 32.2. The van der Waals surface area contributed by atoms with Gasteiger partial charge in [-0.2, -0.15) is 0 Å². The molecule has 84 valence electrons. The fourth-order valence-corrected chi connectivity index (χ4v) is 1.54. The molecule has 0 saturated carbocycles. The van der Waals surface area contributed by atoms with E-state index in [0.29, 0.717) is 5.75 Å². The third-order valence-electron chi connectivity index (χ3n) is 2.18. The average Bonchev–Trinajstić information content (AvgIpc) is 2.13. The first-order valence-electron chi connectivity index (χ1n) is 5.06. The Morgan fingerprint density at radius 3 is 2.43 bits per heavy atom.